The molecule has 2 aromatic carbocycles. The van der Waals surface area contributed by atoms with Gasteiger partial charge in [0.25, 0.3) is 0 Å². The maximum atomic E-state index is 11.4. The van der Waals surface area contributed by atoms with Crippen LogP contribution in [0, 0.1) is 0 Å². The van der Waals surface area contributed by atoms with E-state index in [1.165, 1.54) is 48.3 Å². The van der Waals surface area contributed by atoms with Gasteiger partial charge < -0.3 is 4.74 Å². The van der Waals surface area contributed by atoms with Gasteiger partial charge in [-0.15, -0.1) is 23.5 Å². The van der Waals surface area contributed by atoms with Crippen LogP contribution in [0.4, 0.5) is 0 Å². The number of carbonyl (C=O) groups is 1. The highest BCUT2D eigenvalue weighted by atomic mass is 32.2. The summed E-state index contributed by atoms with van der Waals surface area (Å²) in [4.78, 5) is 11.4. The summed E-state index contributed by atoms with van der Waals surface area (Å²) in [5, 5.41) is 0. The molecule has 1 saturated heterocycles. The lowest BCUT2D eigenvalue weighted by molar-refractivity contribution is -0.134. The molecule has 4 rings (SSSR count). The minimum atomic E-state index is -0.331. The lowest BCUT2D eigenvalue weighted by Crippen LogP contribution is -2.34. The van der Waals surface area contributed by atoms with E-state index in [9.17, 15) is 4.79 Å². The Balaban J connectivity index is 1.74. The van der Waals surface area contributed by atoms with Gasteiger partial charge >= 0.3 is 5.97 Å². The minimum absolute atomic E-state index is 0.0721. The van der Waals surface area contributed by atoms with Crippen molar-refractivity contribution >= 4 is 35.6 Å². The molecule has 1 fully saturated rings. The van der Waals surface area contributed by atoms with Crippen LogP contribution < -0.4 is 0 Å². The molecule has 31 heavy (non-hydrogen) atoms. The molecule has 1 aliphatic carbocycles. The number of hydrogen-bond acceptors (Lipinski definition) is 4. The predicted molar refractivity (Wildman–Crippen MR) is 135 cm³/mol. The SMILES string of the molecule is COC(=O)/C=C/c1ccc(C2(c3ccc4c(c3)C(C)(C)CCC4(C)C)SCCS2)cc1. The van der Waals surface area contributed by atoms with Crippen LogP contribution in [-0.4, -0.2) is 24.6 Å². The third-order valence-electron chi connectivity index (χ3n) is 6.83. The molecule has 0 bridgehead atoms. The highest BCUT2D eigenvalue weighted by Gasteiger charge is 2.42. The van der Waals surface area contributed by atoms with Crippen molar-refractivity contribution in [1.82, 2.24) is 0 Å². The molecule has 2 nitrogen and oxygen atoms in total. The fraction of sp³-hybridized carbons (Fsp3) is 0.444. The number of methoxy groups -OCH3 is 1. The lowest BCUT2D eigenvalue weighted by Gasteiger charge is -2.43. The zero-order valence-corrected chi connectivity index (χ0v) is 20.8. The Morgan fingerprint density at radius 3 is 2.06 bits per heavy atom. The van der Waals surface area contributed by atoms with Crippen molar-refractivity contribution in [2.45, 2.75) is 55.4 Å². The molecule has 0 N–H and O–H groups in total. The van der Waals surface area contributed by atoms with Crippen LogP contribution >= 0.6 is 23.5 Å². The number of thioether (sulfide) groups is 2. The van der Waals surface area contributed by atoms with Gasteiger partial charge in [0.2, 0.25) is 0 Å². The van der Waals surface area contributed by atoms with Crippen molar-refractivity contribution in [2.24, 2.45) is 0 Å². The quantitative estimate of drug-likeness (QED) is 0.372. The second-order valence-electron chi connectivity index (χ2n) is 9.82. The van der Waals surface area contributed by atoms with E-state index in [2.05, 4.69) is 70.2 Å². The summed E-state index contributed by atoms with van der Waals surface area (Å²) < 4.78 is 4.62. The normalized spacial score (nSPS) is 21.1. The van der Waals surface area contributed by atoms with Gasteiger partial charge in [0.15, 0.2) is 0 Å². The molecule has 2 aliphatic rings. The number of rotatable bonds is 4. The van der Waals surface area contributed by atoms with Crippen LogP contribution in [0.1, 0.15) is 68.4 Å². The Labute approximate surface area is 195 Å². The summed E-state index contributed by atoms with van der Waals surface area (Å²) in [6.45, 7) is 9.57. The first-order valence-corrected chi connectivity index (χ1v) is 13.0. The third kappa shape index (κ3) is 4.21. The molecule has 0 saturated carbocycles. The van der Waals surface area contributed by atoms with Gasteiger partial charge in [-0.1, -0.05) is 70.2 Å². The molecule has 164 valence electrons. The standard InChI is InChI=1S/C27H32O2S2/c1-25(2)14-15-26(3,4)23-18-21(11-12-22(23)25)27(30-16-17-31-27)20-9-6-19(7-10-20)8-13-24(28)29-5/h6-13,18H,14-17H2,1-5H3/b13-8+. The number of fused-ring (bicyclic) bond motifs is 1. The third-order valence-corrected chi connectivity index (χ3v) is 10.4. The Bertz CT molecular complexity index is 996. The second-order valence-corrected chi connectivity index (χ2v) is 12.7. The molecule has 0 atom stereocenters. The maximum Gasteiger partial charge on any atom is 0.330 e. The van der Waals surface area contributed by atoms with Crippen molar-refractivity contribution < 1.29 is 9.53 Å². The largest absolute Gasteiger partial charge is 0.466 e. The molecular weight excluding hydrogens is 420 g/mol. The van der Waals surface area contributed by atoms with Gasteiger partial charge in [-0.25, -0.2) is 4.79 Å². The van der Waals surface area contributed by atoms with E-state index in [1.807, 2.05) is 23.5 Å². The Morgan fingerprint density at radius 1 is 0.871 bits per heavy atom. The van der Waals surface area contributed by atoms with E-state index in [0.717, 1.165) is 17.1 Å². The Kier molecular flexibility index (Phi) is 6.08. The van der Waals surface area contributed by atoms with Crippen LogP contribution in [0.2, 0.25) is 0 Å². The van der Waals surface area contributed by atoms with Crippen LogP contribution in [0.25, 0.3) is 6.08 Å². The van der Waals surface area contributed by atoms with E-state index in [0.29, 0.717) is 0 Å². The second kappa shape index (κ2) is 8.37. The minimum Gasteiger partial charge on any atom is -0.466 e. The van der Waals surface area contributed by atoms with Crippen molar-refractivity contribution in [3.63, 3.8) is 0 Å². The predicted octanol–water partition coefficient (Wildman–Crippen LogP) is 6.90. The maximum absolute atomic E-state index is 11.4. The van der Waals surface area contributed by atoms with Gasteiger partial charge in [-0.3, -0.25) is 0 Å². The first-order chi connectivity index (χ1) is 14.7. The molecule has 0 amide bonds. The zero-order valence-electron chi connectivity index (χ0n) is 19.2. The van der Waals surface area contributed by atoms with Gasteiger partial charge in [0.1, 0.15) is 4.08 Å². The van der Waals surface area contributed by atoms with Gasteiger partial charge in [0.05, 0.1) is 7.11 Å². The molecule has 0 unspecified atom stereocenters. The van der Waals surface area contributed by atoms with Crippen LogP contribution in [0.3, 0.4) is 0 Å². The van der Waals surface area contributed by atoms with Gasteiger partial charge in [-0.05, 0) is 57.6 Å². The summed E-state index contributed by atoms with van der Waals surface area (Å²) >= 11 is 4.09. The Hall–Kier alpha value is -1.65. The van der Waals surface area contributed by atoms with Gasteiger partial charge in [-0.2, -0.15) is 0 Å². The molecular formula is C27H32O2S2. The molecule has 4 heteroatoms. The van der Waals surface area contributed by atoms with E-state index in [4.69, 9.17) is 4.74 Å². The Morgan fingerprint density at radius 2 is 1.45 bits per heavy atom. The van der Waals surface area contributed by atoms with Gasteiger partial charge in [0, 0.05) is 17.6 Å². The smallest absolute Gasteiger partial charge is 0.330 e. The number of hydrogen-bond donors (Lipinski definition) is 0. The fourth-order valence-corrected chi connectivity index (χ4v) is 8.02. The zero-order chi connectivity index (χ0) is 22.3. The van der Waals surface area contributed by atoms with Crippen molar-refractivity contribution in [2.75, 3.05) is 18.6 Å². The fourth-order valence-electron chi connectivity index (χ4n) is 4.75. The average Bonchev–Trinajstić information content (AvgIpc) is 3.26. The number of carbonyl (C=O) groups excluding carboxylic acids is 1. The van der Waals surface area contributed by atoms with Crippen LogP contribution in [-0.2, 0) is 24.4 Å². The molecule has 1 aliphatic heterocycles. The summed E-state index contributed by atoms with van der Waals surface area (Å²) in [7, 11) is 1.40. The van der Waals surface area contributed by atoms with E-state index in [-0.39, 0.29) is 20.9 Å². The van der Waals surface area contributed by atoms with E-state index >= 15 is 0 Å². The number of ether oxygens (including phenoxy) is 1. The van der Waals surface area contributed by atoms with Crippen molar-refractivity contribution in [1.29, 1.82) is 0 Å². The highest BCUT2D eigenvalue weighted by molar-refractivity contribution is 8.20. The van der Waals surface area contributed by atoms with E-state index in [1.54, 1.807) is 6.08 Å². The molecule has 2 aromatic rings. The number of benzene rings is 2. The summed E-state index contributed by atoms with van der Waals surface area (Å²) in [5.74, 6) is 1.98. The molecule has 0 radical (unpaired) electrons. The first kappa shape index (κ1) is 22.5. The lowest BCUT2D eigenvalue weighted by atomic mass is 9.63. The molecule has 0 spiro atoms. The van der Waals surface area contributed by atoms with Crippen LogP contribution in [0.15, 0.2) is 48.5 Å². The summed E-state index contributed by atoms with van der Waals surface area (Å²) in [5.41, 5.74) is 7.21. The van der Waals surface area contributed by atoms with E-state index < -0.39 is 0 Å². The monoisotopic (exact) mass is 452 g/mol. The number of esters is 1. The van der Waals surface area contributed by atoms with Crippen molar-refractivity contribution in [3.8, 4) is 0 Å². The highest BCUT2D eigenvalue weighted by Crippen LogP contribution is 2.57. The van der Waals surface area contributed by atoms with Crippen LogP contribution in [0.5, 0.6) is 0 Å². The average molecular weight is 453 g/mol. The molecule has 0 aromatic heterocycles. The topological polar surface area (TPSA) is 26.3 Å². The first-order valence-electron chi connectivity index (χ1n) is 11.0. The summed E-state index contributed by atoms with van der Waals surface area (Å²) in [6.07, 6.45) is 5.74. The molecule has 1 heterocycles. The van der Waals surface area contributed by atoms with Crippen molar-refractivity contribution in [3.05, 3.63) is 76.4 Å². The summed E-state index contributed by atoms with van der Waals surface area (Å²) in [6, 6.07) is 15.9.